The molecule has 0 radical (unpaired) electrons. The topological polar surface area (TPSA) is 108 Å². The predicted octanol–water partition coefficient (Wildman–Crippen LogP) is 6.02. The normalized spacial score (nSPS) is 14.4. The minimum absolute atomic E-state index is 0.126. The zero-order chi connectivity index (χ0) is 24.1. The number of rotatable bonds is 6. The highest BCUT2D eigenvalue weighted by Gasteiger charge is 2.18. The summed E-state index contributed by atoms with van der Waals surface area (Å²) in [4.78, 5) is 12.3. The van der Waals surface area contributed by atoms with Crippen molar-refractivity contribution in [3.63, 3.8) is 0 Å². The highest BCUT2D eigenvalue weighted by atomic mass is 32.2. The van der Waals surface area contributed by atoms with Crippen LogP contribution >= 0.6 is 0 Å². The molecule has 1 aliphatic rings. The fourth-order valence-corrected chi connectivity index (χ4v) is 5.15. The van der Waals surface area contributed by atoms with Crippen LogP contribution in [-0.4, -0.2) is 19.6 Å². The first-order chi connectivity index (χ1) is 16.3. The Morgan fingerprint density at radius 3 is 2.15 bits per heavy atom. The number of phenols is 1. The van der Waals surface area contributed by atoms with Gasteiger partial charge in [-0.2, -0.15) is 0 Å². The SMILES string of the molecule is O=C(Nc1ccc(C2CCCCC2)cc1)Nc1ccc(O)c(NS(=O)(=O)c2ccc(F)cc2)c1. The zero-order valence-electron chi connectivity index (χ0n) is 18.4. The van der Waals surface area contributed by atoms with Crippen LogP contribution < -0.4 is 15.4 Å². The largest absolute Gasteiger partial charge is 0.506 e. The van der Waals surface area contributed by atoms with E-state index in [1.54, 1.807) is 0 Å². The average molecular weight is 484 g/mol. The van der Waals surface area contributed by atoms with Crippen LogP contribution in [0.25, 0.3) is 0 Å². The standard InChI is InChI=1S/C25H26FN3O4S/c26-19-8-13-22(14-9-19)34(32,33)29-23-16-21(12-15-24(23)30)28-25(31)27-20-10-6-18(7-11-20)17-4-2-1-3-5-17/h6-17,29-30H,1-5H2,(H2,27,28,31). The quantitative estimate of drug-likeness (QED) is 0.254. The molecule has 0 bridgehead atoms. The maximum atomic E-state index is 13.1. The number of amides is 2. The minimum atomic E-state index is -4.06. The van der Waals surface area contributed by atoms with E-state index in [-0.39, 0.29) is 22.0 Å². The van der Waals surface area contributed by atoms with Crippen molar-refractivity contribution in [3.05, 3.63) is 78.1 Å². The molecule has 4 rings (SSSR count). The number of sulfonamides is 1. The maximum Gasteiger partial charge on any atom is 0.323 e. The van der Waals surface area contributed by atoms with Crippen LogP contribution in [0.15, 0.2) is 71.6 Å². The molecular weight excluding hydrogens is 457 g/mol. The van der Waals surface area contributed by atoms with Crippen LogP contribution in [0.4, 0.5) is 26.2 Å². The number of nitrogens with one attached hydrogen (secondary N) is 3. The first kappa shape index (κ1) is 23.6. The second kappa shape index (κ2) is 10.1. The summed E-state index contributed by atoms with van der Waals surface area (Å²) < 4.78 is 40.4. The summed E-state index contributed by atoms with van der Waals surface area (Å²) >= 11 is 0. The Kier molecular flexibility index (Phi) is 7.02. The lowest BCUT2D eigenvalue weighted by atomic mass is 9.84. The van der Waals surface area contributed by atoms with E-state index >= 15 is 0 Å². The molecule has 7 nitrogen and oxygen atoms in total. The van der Waals surface area contributed by atoms with Crippen molar-refractivity contribution < 1.29 is 22.7 Å². The maximum absolute atomic E-state index is 13.1. The first-order valence-corrected chi connectivity index (χ1v) is 12.6. The van der Waals surface area contributed by atoms with Gasteiger partial charge in [0.25, 0.3) is 10.0 Å². The third kappa shape index (κ3) is 5.85. The molecule has 3 aromatic rings. The summed E-state index contributed by atoms with van der Waals surface area (Å²) in [6, 6.07) is 15.6. The number of benzene rings is 3. The van der Waals surface area contributed by atoms with Crippen LogP contribution in [0.1, 0.15) is 43.6 Å². The van der Waals surface area contributed by atoms with E-state index in [1.807, 2.05) is 24.3 Å². The number of urea groups is 1. The van der Waals surface area contributed by atoms with Gasteiger partial charge in [0, 0.05) is 11.4 Å². The number of phenolic OH excluding ortho intramolecular Hbond substituents is 1. The molecule has 3 aromatic carbocycles. The molecule has 9 heteroatoms. The fraction of sp³-hybridized carbons (Fsp3) is 0.240. The van der Waals surface area contributed by atoms with Crippen molar-refractivity contribution in [1.29, 1.82) is 0 Å². The molecule has 0 heterocycles. The van der Waals surface area contributed by atoms with Gasteiger partial charge < -0.3 is 15.7 Å². The van der Waals surface area contributed by atoms with Crippen molar-refractivity contribution in [1.82, 2.24) is 0 Å². The second-order valence-electron chi connectivity index (χ2n) is 8.33. The number of hydrogen-bond acceptors (Lipinski definition) is 4. The van der Waals surface area contributed by atoms with Crippen molar-refractivity contribution in [3.8, 4) is 5.75 Å². The van der Waals surface area contributed by atoms with Gasteiger partial charge in [-0.05, 0) is 78.9 Å². The lowest BCUT2D eigenvalue weighted by molar-refractivity contribution is 0.262. The molecule has 0 aromatic heterocycles. The first-order valence-electron chi connectivity index (χ1n) is 11.1. The smallest absolute Gasteiger partial charge is 0.323 e. The molecule has 2 amide bonds. The lowest BCUT2D eigenvalue weighted by Gasteiger charge is -2.22. The molecule has 1 saturated carbocycles. The Bertz CT molecular complexity index is 1260. The molecule has 4 N–H and O–H groups in total. The highest BCUT2D eigenvalue weighted by Crippen LogP contribution is 2.33. The van der Waals surface area contributed by atoms with Gasteiger partial charge in [-0.1, -0.05) is 31.4 Å². The highest BCUT2D eigenvalue weighted by molar-refractivity contribution is 7.92. The van der Waals surface area contributed by atoms with Gasteiger partial charge in [-0.25, -0.2) is 17.6 Å². The van der Waals surface area contributed by atoms with Crippen LogP contribution in [0.3, 0.4) is 0 Å². The van der Waals surface area contributed by atoms with Crippen molar-refractivity contribution in [2.24, 2.45) is 0 Å². The number of carbonyl (C=O) groups excluding carboxylic acids is 1. The minimum Gasteiger partial charge on any atom is -0.506 e. The molecule has 0 saturated heterocycles. The molecule has 0 spiro atoms. The predicted molar refractivity (Wildman–Crippen MR) is 130 cm³/mol. The summed E-state index contributed by atoms with van der Waals surface area (Å²) in [5, 5.41) is 15.4. The Hall–Kier alpha value is -3.59. The fourth-order valence-electron chi connectivity index (χ4n) is 4.08. The van der Waals surface area contributed by atoms with Gasteiger partial charge in [-0.3, -0.25) is 4.72 Å². The third-order valence-electron chi connectivity index (χ3n) is 5.87. The molecular formula is C25H26FN3O4S. The molecule has 1 fully saturated rings. The van der Waals surface area contributed by atoms with Crippen LogP contribution in [0.5, 0.6) is 5.75 Å². The Labute approximate surface area is 198 Å². The van der Waals surface area contributed by atoms with Gasteiger partial charge in [0.2, 0.25) is 0 Å². The third-order valence-corrected chi connectivity index (χ3v) is 7.25. The van der Waals surface area contributed by atoms with E-state index in [2.05, 4.69) is 15.4 Å². The number of aromatic hydroxyl groups is 1. The average Bonchev–Trinajstić information content (AvgIpc) is 2.82. The summed E-state index contributed by atoms with van der Waals surface area (Å²) in [6.07, 6.45) is 6.19. The molecule has 178 valence electrons. The second-order valence-corrected chi connectivity index (χ2v) is 10.0. The number of carbonyl (C=O) groups is 1. The van der Waals surface area contributed by atoms with E-state index in [4.69, 9.17) is 0 Å². The van der Waals surface area contributed by atoms with Crippen molar-refractivity contribution in [2.45, 2.75) is 42.9 Å². The summed E-state index contributed by atoms with van der Waals surface area (Å²) in [5.74, 6) is -0.316. The Morgan fingerprint density at radius 1 is 0.853 bits per heavy atom. The van der Waals surface area contributed by atoms with Crippen LogP contribution in [-0.2, 0) is 10.0 Å². The number of hydrogen-bond donors (Lipinski definition) is 4. The van der Waals surface area contributed by atoms with Gasteiger partial charge in [-0.15, -0.1) is 0 Å². The van der Waals surface area contributed by atoms with Crippen LogP contribution in [0.2, 0.25) is 0 Å². The molecule has 1 aliphatic carbocycles. The zero-order valence-corrected chi connectivity index (χ0v) is 19.2. The Balaban J connectivity index is 1.40. The number of halogens is 1. The van der Waals surface area contributed by atoms with E-state index in [9.17, 15) is 22.7 Å². The summed E-state index contributed by atoms with van der Waals surface area (Å²) in [5.41, 5.74) is 2.06. The summed E-state index contributed by atoms with van der Waals surface area (Å²) in [6.45, 7) is 0. The molecule has 34 heavy (non-hydrogen) atoms. The van der Waals surface area contributed by atoms with Gasteiger partial charge in [0.15, 0.2) is 0 Å². The van der Waals surface area contributed by atoms with Gasteiger partial charge >= 0.3 is 6.03 Å². The lowest BCUT2D eigenvalue weighted by Crippen LogP contribution is -2.19. The van der Waals surface area contributed by atoms with E-state index < -0.39 is 21.9 Å². The van der Waals surface area contributed by atoms with Crippen LogP contribution in [0, 0.1) is 5.82 Å². The van der Waals surface area contributed by atoms with E-state index in [0.29, 0.717) is 11.6 Å². The van der Waals surface area contributed by atoms with Crippen molar-refractivity contribution in [2.75, 3.05) is 15.4 Å². The van der Waals surface area contributed by atoms with Gasteiger partial charge in [0.1, 0.15) is 11.6 Å². The summed E-state index contributed by atoms with van der Waals surface area (Å²) in [7, 11) is -4.06. The Morgan fingerprint density at radius 2 is 1.47 bits per heavy atom. The number of anilines is 3. The van der Waals surface area contributed by atoms with Gasteiger partial charge in [0.05, 0.1) is 10.6 Å². The van der Waals surface area contributed by atoms with E-state index in [0.717, 1.165) is 24.3 Å². The molecule has 0 atom stereocenters. The molecule has 0 aliphatic heterocycles. The van der Waals surface area contributed by atoms with E-state index in [1.165, 1.54) is 55.9 Å². The van der Waals surface area contributed by atoms with Crippen molar-refractivity contribution >= 4 is 33.1 Å². The molecule has 0 unspecified atom stereocenters. The monoisotopic (exact) mass is 483 g/mol.